The van der Waals surface area contributed by atoms with Crippen molar-refractivity contribution in [2.75, 3.05) is 25.1 Å². The molecule has 0 radical (unpaired) electrons. The van der Waals surface area contributed by atoms with Crippen molar-refractivity contribution in [2.24, 2.45) is 0 Å². The number of para-hydroxylation sites is 1. The maximum atomic E-state index is 13.2. The van der Waals surface area contributed by atoms with Crippen molar-refractivity contribution in [3.63, 3.8) is 0 Å². The van der Waals surface area contributed by atoms with Gasteiger partial charge in [0.25, 0.3) is 0 Å². The molecule has 0 fully saturated rings. The first-order chi connectivity index (χ1) is 6.75. The van der Waals surface area contributed by atoms with Gasteiger partial charge in [-0.15, -0.1) is 0 Å². The summed E-state index contributed by atoms with van der Waals surface area (Å²) in [5.41, 5.74) is 0.493. The SMILES string of the molecule is CCOCCNc1c(F)cccc1Br. The topological polar surface area (TPSA) is 21.3 Å². The summed E-state index contributed by atoms with van der Waals surface area (Å²) in [5.74, 6) is -0.254. The molecule has 0 saturated heterocycles. The first-order valence-corrected chi connectivity index (χ1v) is 5.30. The molecule has 0 bridgehead atoms. The quantitative estimate of drug-likeness (QED) is 0.823. The van der Waals surface area contributed by atoms with Crippen LogP contribution in [0.25, 0.3) is 0 Å². The summed E-state index contributed by atoms with van der Waals surface area (Å²) in [6.07, 6.45) is 0. The number of halogens is 2. The van der Waals surface area contributed by atoms with Gasteiger partial charge in [0, 0.05) is 17.6 Å². The lowest BCUT2D eigenvalue weighted by Gasteiger charge is -2.09. The molecule has 1 aromatic carbocycles. The minimum atomic E-state index is -0.254. The van der Waals surface area contributed by atoms with Gasteiger partial charge in [-0.1, -0.05) is 6.07 Å². The zero-order valence-corrected chi connectivity index (χ0v) is 9.60. The predicted molar refractivity (Wildman–Crippen MR) is 59.1 cm³/mol. The molecule has 4 heteroatoms. The van der Waals surface area contributed by atoms with Crippen molar-refractivity contribution >= 4 is 21.6 Å². The molecule has 0 aliphatic carbocycles. The van der Waals surface area contributed by atoms with Gasteiger partial charge in [-0.25, -0.2) is 4.39 Å². The average Bonchev–Trinajstić information content (AvgIpc) is 2.16. The summed E-state index contributed by atoms with van der Waals surface area (Å²) in [6, 6.07) is 4.88. The van der Waals surface area contributed by atoms with Crippen LogP contribution in [0.1, 0.15) is 6.92 Å². The van der Waals surface area contributed by atoms with Gasteiger partial charge in [0.05, 0.1) is 12.3 Å². The lowest BCUT2D eigenvalue weighted by molar-refractivity contribution is 0.158. The van der Waals surface area contributed by atoms with Gasteiger partial charge in [-0.2, -0.15) is 0 Å². The van der Waals surface area contributed by atoms with Gasteiger partial charge in [-0.05, 0) is 35.0 Å². The summed E-state index contributed by atoms with van der Waals surface area (Å²) in [7, 11) is 0. The summed E-state index contributed by atoms with van der Waals surface area (Å²) in [6.45, 7) is 3.80. The molecule has 14 heavy (non-hydrogen) atoms. The van der Waals surface area contributed by atoms with Crippen LogP contribution >= 0.6 is 15.9 Å². The van der Waals surface area contributed by atoms with Crippen LogP contribution in [0.5, 0.6) is 0 Å². The van der Waals surface area contributed by atoms with Crippen molar-refractivity contribution in [3.05, 3.63) is 28.5 Å². The first kappa shape index (κ1) is 11.5. The minimum Gasteiger partial charge on any atom is -0.380 e. The summed E-state index contributed by atoms with van der Waals surface area (Å²) < 4.78 is 19.1. The van der Waals surface area contributed by atoms with Crippen LogP contribution in [0.2, 0.25) is 0 Å². The summed E-state index contributed by atoms with van der Waals surface area (Å²) in [5, 5.41) is 2.97. The minimum absolute atomic E-state index is 0.254. The number of benzene rings is 1. The number of nitrogens with one attached hydrogen (secondary N) is 1. The highest BCUT2D eigenvalue weighted by molar-refractivity contribution is 9.10. The Balaban J connectivity index is 2.49. The Hall–Kier alpha value is -0.610. The van der Waals surface area contributed by atoms with Gasteiger partial charge in [0.1, 0.15) is 5.82 Å². The van der Waals surface area contributed by atoms with E-state index in [1.54, 1.807) is 12.1 Å². The van der Waals surface area contributed by atoms with Crippen molar-refractivity contribution < 1.29 is 9.13 Å². The predicted octanol–water partition coefficient (Wildman–Crippen LogP) is 3.04. The molecule has 0 saturated carbocycles. The molecule has 0 aliphatic heterocycles. The fourth-order valence-corrected chi connectivity index (χ4v) is 1.54. The molecule has 0 amide bonds. The number of hydrogen-bond acceptors (Lipinski definition) is 2. The normalized spacial score (nSPS) is 10.2. The molecule has 1 rings (SSSR count). The second-order valence-electron chi connectivity index (χ2n) is 2.72. The van der Waals surface area contributed by atoms with E-state index < -0.39 is 0 Å². The summed E-state index contributed by atoms with van der Waals surface area (Å²) in [4.78, 5) is 0. The number of hydrogen-bond donors (Lipinski definition) is 1. The molecule has 1 aromatic rings. The molecule has 0 spiro atoms. The second-order valence-corrected chi connectivity index (χ2v) is 3.57. The fraction of sp³-hybridized carbons (Fsp3) is 0.400. The van der Waals surface area contributed by atoms with Crippen molar-refractivity contribution in [2.45, 2.75) is 6.92 Å². The van der Waals surface area contributed by atoms with E-state index >= 15 is 0 Å². The largest absolute Gasteiger partial charge is 0.380 e. The third kappa shape index (κ3) is 3.27. The van der Waals surface area contributed by atoms with Crippen LogP contribution < -0.4 is 5.32 Å². The van der Waals surface area contributed by atoms with Gasteiger partial charge in [-0.3, -0.25) is 0 Å². The zero-order valence-electron chi connectivity index (χ0n) is 8.02. The second kappa shape index (κ2) is 5.98. The van der Waals surface area contributed by atoms with Crippen LogP contribution in [-0.4, -0.2) is 19.8 Å². The van der Waals surface area contributed by atoms with Gasteiger partial charge >= 0.3 is 0 Å². The fourth-order valence-electron chi connectivity index (χ4n) is 1.06. The van der Waals surface area contributed by atoms with E-state index in [2.05, 4.69) is 21.2 Å². The van der Waals surface area contributed by atoms with Crippen molar-refractivity contribution in [1.29, 1.82) is 0 Å². The van der Waals surface area contributed by atoms with Crippen molar-refractivity contribution in [3.8, 4) is 0 Å². The van der Waals surface area contributed by atoms with Crippen LogP contribution in [0.15, 0.2) is 22.7 Å². The van der Waals surface area contributed by atoms with Gasteiger partial charge in [0.2, 0.25) is 0 Å². The molecular weight excluding hydrogens is 249 g/mol. The van der Waals surface area contributed by atoms with E-state index in [0.717, 1.165) is 4.47 Å². The number of rotatable bonds is 5. The Kier molecular flexibility index (Phi) is 4.90. The van der Waals surface area contributed by atoms with E-state index in [-0.39, 0.29) is 5.82 Å². The Morgan fingerprint density at radius 3 is 2.93 bits per heavy atom. The Morgan fingerprint density at radius 1 is 1.50 bits per heavy atom. The molecule has 2 nitrogen and oxygen atoms in total. The Morgan fingerprint density at radius 2 is 2.29 bits per heavy atom. The first-order valence-electron chi connectivity index (χ1n) is 4.51. The van der Waals surface area contributed by atoms with Crippen LogP contribution in [0, 0.1) is 5.82 Å². The molecule has 78 valence electrons. The van der Waals surface area contributed by atoms with Gasteiger partial charge < -0.3 is 10.1 Å². The maximum Gasteiger partial charge on any atom is 0.147 e. The van der Waals surface area contributed by atoms with Crippen LogP contribution in [0.3, 0.4) is 0 Å². The zero-order chi connectivity index (χ0) is 10.4. The lowest BCUT2D eigenvalue weighted by atomic mass is 10.3. The smallest absolute Gasteiger partial charge is 0.147 e. The standard InChI is InChI=1S/C10H13BrFNO/c1-2-14-7-6-13-10-8(11)4-3-5-9(10)12/h3-5,13H,2,6-7H2,1H3. The molecule has 0 aromatic heterocycles. The Bertz CT molecular complexity index is 273. The molecule has 0 unspecified atom stereocenters. The number of anilines is 1. The van der Waals surface area contributed by atoms with Crippen LogP contribution in [-0.2, 0) is 4.74 Å². The lowest BCUT2D eigenvalue weighted by Crippen LogP contribution is -2.10. The van der Waals surface area contributed by atoms with E-state index in [1.807, 2.05) is 6.92 Å². The van der Waals surface area contributed by atoms with E-state index in [9.17, 15) is 4.39 Å². The monoisotopic (exact) mass is 261 g/mol. The molecule has 0 aliphatic rings. The number of ether oxygens (including phenoxy) is 1. The summed E-state index contributed by atoms with van der Waals surface area (Å²) >= 11 is 3.27. The highest BCUT2D eigenvalue weighted by atomic mass is 79.9. The highest BCUT2D eigenvalue weighted by Gasteiger charge is 2.04. The third-order valence-electron chi connectivity index (χ3n) is 1.72. The molecule has 0 atom stereocenters. The molecule has 0 heterocycles. The molecule has 1 N–H and O–H groups in total. The third-order valence-corrected chi connectivity index (χ3v) is 2.38. The van der Waals surface area contributed by atoms with E-state index in [4.69, 9.17) is 4.74 Å². The van der Waals surface area contributed by atoms with E-state index in [0.29, 0.717) is 25.4 Å². The van der Waals surface area contributed by atoms with Crippen molar-refractivity contribution in [1.82, 2.24) is 0 Å². The maximum absolute atomic E-state index is 13.2. The van der Waals surface area contributed by atoms with Gasteiger partial charge in [0.15, 0.2) is 0 Å². The molecular formula is C10H13BrFNO. The average molecular weight is 262 g/mol. The van der Waals surface area contributed by atoms with E-state index in [1.165, 1.54) is 6.07 Å². The van der Waals surface area contributed by atoms with Crippen LogP contribution in [0.4, 0.5) is 10.1 Å². The highest BCUT2D eigenvalue weighted by Crippen LogP contribution is 2.24. The Labute approximate surface area is 91.6 Å².